The Kier molecular flexibility index (Phi) is 4.78. The van der Waals surface area contributed by atoms with Crippen molar-refractivity contribution in [2.45, 2.75) is 32.4 Å². The number of benzene rings is 1. The summed E-state index contributed by atoms with van der Waals surface area (Å²) in [7, 11) is 0. The van der Waals surface area contributed by atoms with Crippen LogP contribution in [0.15, 0.2) is 12.1 Å². The lowest BCUT2D eigenvalue weighted by atomic mass is 9.95. The van der Waals surface area contributed by atoms with Crippen LogP contribution in [-0.2, 0) is 5.60 Å². The Morgan fingerprint density at radius 1 is 1.35 bits per heavy atom. The largest absolute Gasteiger partial charge is 0.384 e. The van der Waals surface area contributed by atoms with E-state index in [4.69, 9.17) is 23.2 Å². The van der Waals surface area contributed by atoms with Crippen molar-refractivity contribution in [3.63, 3.8) is 0 Å². The summed E-state index contributed by atoms with van der Waals surface area (Å²) < 4.78 is 13.4. The van der Waals surface area contributed by atoms with E-state index in [1.165, 1.54) is 12.1 Å². The zero-order valence-corrected chi connectivity index (χ0v) is 11.5. The van der Waals surface area contributed by atoms with Crippen molar-refractivity contribution in [2.75, 3.05) is 6.54 Å². The molecule has 1 aromatic carbocycles. The molecule has 1 aromatic rings. The predicted molar refractivity (Wildman–Crippen MR) is 69.1 cm³/mol. The number of hydrogen-bond acceptors (Lipinski definition) is 2. The molecule has 0 aliphatic carbocycles. The predicted octanol–water partition coefficient (Wildman–Crippen LogP) is 3.34. The van der Waals surface area contributed by atoms with Crippen LogP contribution in [-0.4, -0.2) is 17.7 Å². The molecule has 2 N–H and O–H groups in total. The van der Waals surface area contributed by atoms with Gasteiger partial charge in [-0.1, -0.05) is 37.0 Å². The lowest BCUT2D eigenvalue weighted by Crippen LogP contribution is -2.38. The van der Waals surface area contributed by atoms with Crippen molar-refractivity contribution < 1.29 is 9.50 Å². The maximum atomic E-state index is 13.4. The van der Waals surface area contributed by atoms with E-state index >= 15 is 0 Å². The van der Waals surface area contributed by atoms with Gasteiger partial charge in [-0.05, 0) is 19.1 Å². The van der Waals surface area contributed by atoms with Gasteiger partial charge in [0.05, 0.1) is 5.02 Å². The van der Waals surface area contributed by atoms with Gasteiger partial charge in [0.1, 0.15) is 11.4 Å². The Bertz CT molecular complexity index is 408. The van der Waals surface area contributed by atoms with Crippen molar-refractivity contribution in [1.29, 1.82) is 0 Å². The summed E-state index contributed by atoms with van der Waals surface area (Å²) in [6.07, 6.45) is 0. The van der Waals surface area contributed by atoms with Gasteiger partial charge in [-0.25, -0.2) is 4.39 Å². The average Bonchev–Trinajstić information content (AvgIpc) is 2.20. The van der Waals surface area contributed by atoms with Gasteiger partial charge >= 0.3 is 0 Å². The molecule has 0 bridgehead atoms. The smallest absolute Gasteiger partial charge is 0.142 e. The summed E-state index contributed by atoms with van der Waals surface area (Å²) in [6.45, 7) is 5.78. The highest BCUT2D eigenvalue weighted by molar-refractivity contribution is 6.35. The Balaban J connectivity index is 3.01. The monoisotopic (exact) mass is 279 g/mol. The SMILES string of the molecule is CC(C)NCC(C)(O)c1cc(F)c(Cl)cc1Cl. The summed E-state index contributed by atoms with van der Waals surface area (Å²) >= 11 is 11.6. The minimum atomic E-state index is -1.24. The molecule has 1 rings (SSSR count). The van der Waals surface area contributed by atoms with E-state index in [1.807, 2.05) is 13.8 Å². The lowest BCUT2D eigenvalue weighted by Gasteiger charge is -2.26. The fourth-order valence-electron chi connectivity index (χ4n) is 1.43. The summed E-state index contributed by atoms with van der Waals surface area (Å²) in [5.74, 6) is -0.587. The first-order valence-corrected chi connectivity index (χ1v) is 6.10. The standard InChI is InChI=1S/C12H16Cl2FNO/c1-7(2)16-6-12(3,17)8-4-11(15)10(14)5-9(8)13/h4-5,7,16-17H,6H2,1-3H3. The van der Waals surface area contributed by atoms with Crippen molar-refractivity contribution in [3.8, 4) is 0 Å². The van der Waals surface area contributed by atoms with Crippen LogP contribution in [0.1, 0.15) is 26.3 Å². The number of halogens is 3. The number of nitrogens with one attached hydrogen (secondary N) is 1. The molecule has 0 amide bonds. The second-order valence-corrected chi connectivity index (χ2v) is 5.37. The van der Waals surface area contributed by atoms with Gasteiger partial charge in [-0.2, -0.15) is 0 Å². The molecule has 17 heavy (non-hydrogen) atoms. The van der Waals surface area contributed by atoms with Crippen LogP contribution in [0.2, 0.25) is 10.0 Å². The van der Waals surface area contributed by atoms with Gasteiger partial charge in [-0.3, -0.25) is 0 Å². The van der Waals surface area contributed by atoms with Crippen LogP contribution in [0.4, 0.5) is 4.39 Å². The summed E-state index contributed by atoms with van der Waals surface area (Å²) in [5.41, 5.74) is -0.915. The first-order chi connectivity index (χ1) is 7.74. The molecule has 0 heterocycles. The molecule has 1 unspecified atom stereocenters. The number of hydrogen-bond donors (Lipinski definition) is 2. The van der Waals surface area contributed by atoms with E-state index in [-0.39, 0.29) is 22.6 Å². The van der Waals surface area contributed by atoms with Crippen molar-refractivity contribution in [2.24, 2.45) is 0 Å². The fourth-order valence-corrected chi connectivity index (χ4v) is 2.02. The van der Waals surface area contributed by atoms with E-state index < -0.39 is 11.4 Å². The second-order valence-electron chi connectivity index (χ2n) is 4.56. The summed E-state index contributed by atoms with van der Waals surface area (Å²) in [4.78, 5) is 0. The van der Waals surface area contributed by atoms with Gasteiger partial charge in [0.25, 0.3) is 0 Å². The van der Waals surface area contributed by atoms with Crippen molar-refractivity contribution >= 4 is 23.2 Å². The second kappa shape index (κ2) is 5.53. The molecule has 0 saturated heterocycles. The lowest BCUT2D eigenvalue weighted by molar-refractivity contribution is 0.0547. The summed E-state index contributed by atoms with van der Waals surface area (Å²) in [5, 5.41) is 13.6. The molecule has 2 nitrogen and oxygen atoms in total. The molecule has 0 aliphatic rings. The van der Waals surface area contributed by atoms with Crippen LogP contribution >= 0.6 is 23.2 Å². The van der Waals surface area contributed by atoms with Gasteiger partial charge in [0, 0.05) is 23.2 Å². The van der Waals surface area contributed by atoms with Crippen LogP contribution in [0, 0.1) is 5.82 Å². The molecular formula is C12H16Cl2FNO. The summed E-state index contributed by atoms with van der Waals surface area (Å²) in [6, 6.07) is 2.70. The van der Waals surface area contributed by atoms with E-state index in [0.717, 1.165) is 0 Å². The molecule has 0 aromatic heterocycles. The van der Waals surface area contributed by atoms with Gasteiger partial charge in [-0.15, -0.1) is 0 Å². The topological polar surface area (TPSA) is 32.3 Å². The molecule has 0 radical (unpaired) electrons. The van der Waals surface area contributed by atoms with Crippen LogP contribution < -0.4 is 5.32 Å². The van der Waals surface area contributed by atoms with Gasteiger partial charge in [0.15, 0.2) is 0 Å². The highest BCUT2D eigenvalue weighted by Crippen LogP contribution is 2.31. The fraction of sp³-hybridized carbons (Fsp3) is 0.500. The molecule has 96 valence electrons. The molecule has 0 aliphatic heterocycles. The zero-order valence-electron chi connectivity index (χ0n) is 10.0. The highest BCUT2D eigenvalue weighted by atomic mass is 35.5. The van der Waals surface area contributed by atoms with Crippen LogP contribution in [0.25, 0.3) is 0 Å². The van der Waals surface area contributed by atoms with Crippen molar-refractivity contribution in [3.05, 3.63) is 33.6 Å². The van der Waals surface area contributed by atoms with Gasteiger partial charge < -0.3 is 10.4 Å². The van der Waals surface area contributed by atoms with Gasteiger partial charge in [0.2, 0.25) is 0 Å². The van der Waals surface area contributed by atoms with Crippen LogP contribution in [0.3, 0.4) is 0 Å². The molecule has 0 spiro atoms. The molecule has 1 atom stereocenters. The first kappa shape index (κ1) is 14.7. The zero-order chi connectivity index (χ0) is 13.2. The average molecular weight is 280 g/mol. The minimum absolute atomic E-state index is 0.0497. The Morgan fingerprint density at radius 2 is 1.94 bits per heavy atom. The Hall–Kier alpha value is -0.350. The molecular weight excluding hydrogens is 264 g/mol. The minimum Gasteiger partial charge on any atom is -0.384 e. The van der Waals surface area contributed by atoms with Crippen LogP contribution in [0.5, 0.6) is 0 Å². The number of rotatable bonds is 4. The van der Waals surface area contributed by atoms with E-state index in [9.17, 15) is 9.50 Å². The molecule has 0 saturated carbocycles. The quantitative estimate of drug-likeness (QED) is 0.829. The number of aliphatic hydroxyl groups is 1. The molecule has 5 heteroatoms. The third-order valence-electron chi connectivity index (χ3n) is 2.44. The first-order valence-electron chi connectivity index (χ1n) is 5.35. The highest BCUT2D eigenvalue weighted by Gasteiger charge is 2.27. The Labute approximate surface area is 111 Å². The van der Waals surface area contributed by atoms with Crippen molar-refractivity contribution in [1.82, 2.24) is 5.32 Å². The van der Waals surface area contributed by atoms with E-state index in [1.54, 1.807) is 6.92 Å². The maximum Gasteiger partial charge on any atom is 0.142 e. The normalized spacial score (nSPS) is 15.1. The third kappa shape index (κ3) is 3.81. The van der Waals surface area contributed by atoms with E-state index in [0.29, 0.717) is 5.56 Å². The maximum absolute atomic E-state index is 13.4. The molecule has 0 fully saturated rings. The third-order valence-corrected chi connectivity index (χ3v) is 3.05. The Morgan fingerprint density at radius 3 is 2.47 bits per heavy atom. The van der Waals surface area contributed by atoms with E-state index in [2.05, 4.69) is 5.32 Å².